The number of hydrogen-bond donors (Lipinski definition) is 2. The number of amides is 1. The highest BCUT2D eigenvalue weighted by Gasteiger charge is 2.21. The van der Waals surface area contributed by atoms with Crippen molar-refractivity contribution in [2.45, 2.75) is 6.42 Å². The van der Waals surface area contributed by atoms with Crippen molar-refractivity contribution in [3.63, 3.8) is 0 Å². The van der Waals surface area contributed by atoms with Gasteiger partial charge in [-0.1, -0.05) is 6.07 Å². The molecular weight excluding hydrogens is 260 g/mol. The number of aromatic nitrogens is 2. The Kier molecular flexibility index (Phi) is 3.88. The van der Waals surface area contributed by atoms with E-state index in [-0.39, 0.29) is 18.0 Å². The summed E-state index contributed by atoms with van der Waals surface area (Å²) in [6, 6.07) is 5.28. The van der Waals surface area contributed by atoms with Crippen LogP contribution >= 0.6 is 0 Å². The van der Waals surface area contributed by atoms with Gasteiger partial charge < -0.3 is 15.3 Å². The predicted octanol–water partition coefficient (Wildman–Crippen LogP) is 0.605. The van der Waals surface area contributed by atoms with Crippen LogP contribution in [0.3, 0.4) is 0 Å². The minimum atomic E-state index is -1.05. The molecule has 7 nitrogen and oxygen atoms in total. The lowest BCUT2D eigenvalue weighted by molar-refractivity contribution is -0.120. The van der Waals surface area contributed by atoms with E-state index in [9.17, 15) is 14.7 Å². The molecule has 0 atom stereocenters. The molecule has 0 aliphatic heterocycles. The summed E-state index contributed by atoms with van der Waals surface area (Å²) in [6.45, 7) is 0.393. The van der Waals surface area contributed by atoms with Crippen molar-refractivity contribution in [3.05, 3.63) is 30.1 Å². The molecule has 0 fully saturated rings. The third kappa shape index (κ3) is 2.56. The van der Waals surface area contributed by atoms with Crippen LogP contribution in [0.2, 0.25) is 0 Å². The molecule has 2 aromatic heterocycles. The molecule has 106 valence electrons. The summed E-state index contributed by atoms with van der Waals surface area (Å²) < 4.78 is 1.52. The van der Waals surface area contributed by atoms with Crippen LogP contribution in [-0.4, -0.2) is 47.0 Å². The fraction of sp³-hybridized carbons (Fsp3) is 0.308. The fourth-order valence-electron chi connectivity index (χ4n) is 1.95. The quantitative estimate of drug-likeness (QED) is 0.835. The number of carbonyl (C=O) groups excluding carboxylic acids is 1. The zero-order chi connectivity index (χ0) is 14.7. The second kappa shape index (κ2) is 5.60. The fourth-order valence-corrected chi connectivity index (χ4v) is 1.95. The second-order valence-electron chi connectivity index (χ2n) is 4.36. The van der Waals surface area contributed by atoms with Crippen LogP contribution < -0.4 is 10.2 Å². The number of imidazole rings is 1. The van der Waals surface area contributed by atoms with Gasteiger partial charge in [0.15, 0.2) is 11.5 Å². The number of aromatic carboxylic acids is 1. The normalized spacial score (nSPS) is 10.5. The summed E-state index contributed by atoms with van der Waals surface area (Å²) in [4.78, 5) is 28.7. The number of carboxylic acids is 1. The summed E-state index contributed by atoms with van der Waals surface area (Å²) in [5.74, 6) is -0.796. The molecule has 0 aliphatic rings. The van der Waals surface area contributed by atoms with Crippen LogP contribution in [0.4, 0.5) is 5.82 Å². The number of carboxylic acid groups (broad SMARTS) is 1. The van der Waals surface area contributed by atoms with Gasteiger partial charge in [0.2, 0.25) is 5.91 Å². The second-order valence-corrected chi connectivity index (χ2v) is 4.36. The molecule has 0 aliphatic carbocycles. The SMILES string of the molecule is CNC(=O)CCN(C)c1nc2ccccn2c1C(=O)O. The van der Waals surface area contributed by atoms with Crippen molar-refractivity contribution in [1.29, 1.82) is 0 Å². The predicted molar refractivity (Wildman–Crippen MR) is 74.1 cm³/mol. The van der Waals surface area contributed by atoms with Gasteiger partial charge in [0, 0.05) is 33.3 Å². The van der Waals surface area contributed by atoms with Gasteiger partial charge in [-0.05, 0) is 12.1 Å². The Bertz CT molecular complexity index is 650. The highest BCUT2D eigenvalue weighted by Crippen LogP contribution is 2.20. The molecule has 0 spiro atoms. The van der Waals surface area contributed by atoms with Crippen molar-refractivity contribution in [3.8, 4) is 0 Å². The number of nitrogens with one attached hydrogen (secondary N) is 1. The average molecular weight is 276 g/mol. The summed E-state index contributed by atoms with van der Waals surface area (Å²) in [5.41, 5.74) is 0.659. The molecule has 2 N–H and O–H groups in total. The molecule has 20 heavy (non-hydrogen) atoms. The summed E-state index contributed by atoms with van der Waals surface area (Å²) in [6.07, 6.45) is 1.93. The highest BCUT2D eigenvalue weighted by atomic mass is 16.4. The van der Waals surface area contributed by atoms with Crippen molar-refractivity contribution in [1.82, 2.24) is 14.7 Å². The molecule has 2 heterocycles. The smallest absolute Gasteiger partial charge is 0.356 e. The van der Waals surface area contributed by atoms with Gasteiger partial charge in [-0.15, -0.1) is 0 Å². The first-order chi connectivity index (χ1) is 9.54. The van der Waals surface area contributed by atoms with Crippen LogP contribution in [0.15, 0.2) is 24.4 Å². The van der Waals surface area contributed by atoms with Gasteiger partial charge >= 0.3 is 5.97 Å². The van der Waals surface area contributed by atoms with E-state index >= 15 is 0 Å². The van der Waals surface area contributed by atoms with Crippen LogP contribution in [0, 0.1) is 0 Å². The van der Waals surface area contributed by atoms with Crippen molar-refractivity contribution in [2.24, 2.45) is 0 Å². The van der Waals surface area contributed by atoms with E-state index < -0.39 is 5.97 Å². The number of hydrogen-bond acceptors (Lipinski definition) is 4. The molecular formula is C13H16N4O3. The maximum atomic E-state index is 11.4. The number of pyridine rings is 1. The monoisotopic (exact) mass is 276 g/mol. The molecule has 1 amide bonds. The van der Waals surface area contributed by atoms with E-state index in [0.29, 0.717) is 18.0 Å². The van der Waals surface area contributed by atoms with E-state index in [1.54, 1.807) is 43.4 Å². The van der Waals surface area contributed by atoms with E-state index in [2.05, 4.69) is 10.3 Å². The molecule has 2 aromatic rings. The first kappa shape index (κ1) is 13.9. The van der Waals surface area contributed by atoms with Gasteiger partial charge in [0.25, 0.3) is 0 Å². The first-order valence-corrected chi connectivity index (χ1v) is 6.16. The lowest BCUT2D eigenvalue weighted by atomic mass is 10.3. The number of nitrogens with zero attached hydrogens (tertiary/aromatic N) is 3. The van der Waals surface area contributed by atoms with Crippen LogP contribution in [0.25, 0.3) is 5.65 Å². The Hall–Kier alpha value is -2.57. The first-order valence-electron chi connectivity index (χ1n) is 6.16. The molecule has 7 heteroatoms. The molecule has 0 bridgehead atoms. The Balaban J connectivity index is 2.35. The topological polar surface area (TPSA) is 86.9 Å². The van der Waals surface area contributed by atoms with Crippen LogP contribution in [0.1, 0.15) is 16.9 Å². The third-order valence-corrected chi connectivity index (χ3v) is 3.03. The van der Waals surface area contributed by atoms with E-state index in [4.69, 9.17) is 0 Å². The van der Waals surface area contributed by atoms with E-state index in [0.717, 1.165) is 0 Å². The van der Waals surface area contributed by atoms with Crippen molar-refractivity contribution < 1.29 is 14.7 Å². The standard InChI is InChI=1S/C13H16N4O3/c1-14-10(18)6-8-16(2)12-11(13(19)20)17-7-4-3-5-9(17)15-12/h3-5,7H,6,8H2,1-2H3,(H,14,18)(H,19,20). The maximum Gasteiger partial charge on any atom is 0.356 e. The molecule has 0 saturated carbocycles. The summed E-state index contributed by atoms with van der Waals surface area (Å²) >= 11 is 0. The summed E-state index contributed by atoms with van der Waals surface area (Å²) in [7, 11) is 3.28. The van der Waals surface area contributed by atoms with Gasteiger partial charge in [-0.25, -0.2) is 9.78 Å². The maximum absolute atomic E-state index is 11.4. The summed E-state index contributed by atoms with van der Waals surface area (Å²) in [5, 5.41) is 11.9. The van der Waals surface area contributed by atoms with E-state index in [1.807, 2.05) is 0 Å². The van der Waals surface area contributed by atoms with Gasteiger partial charge in [-0.2, -0.15) is 0 Å². The largest absolute Gasteiger partial charge is 0.476 e. The van der Waals surface area contributed by atoms with Gasteiger partial charge in [-0.3, -0.25) is 9.20 Å². The van der Waals surface area contributed by atoms with E-state index in [1.165, 1.54) is 4.40 Å². The Morgan fingerprint density at radius 1 is 1.45 bits per heavy atom. The molecule has 0 saturated heterocycles. The van der Waals surface area contributed by atoms with Crippen molar-refractivity contribution in [2.75, 3.05) is 25.5 Å². The number of fused-ring (bicyclic) bond motifs is 1. The Morgan fingerprint density at radius 2 is 2.20 bits per heavy atom. The third-order valence-electron chi connectivity index (χ3n) is 3.03. The number of rotatable bonds is 5. The zero-order valence-corrected chi connectivity index (χ0v) is 11.3. The number of anilines is 1. The van der Waals surface area contributed by atoms with Gasteiger partial charge in [0.05, 0.1) is 0 Å². The highest BCUT2D eigenvalue weighted by molar-refractivity contribution is 5.93. The van der Waals surface area contributed by atoms with Crippen LogP contribution in [0.5, 0.6) is 0 Å². The molecule has 0 radical (unpaired) electrons. The van der Waals surface area contributed by atoms with Gasteiger partial charge in [0.1, 0.15) is 5.65 Å². The molecule has 2 rings (SSSR count). The zero-order valence-electron chi connectivity index (χ0n) is 11.3. The molecule has 0 unspecified atom stereocenters. The molecule has 0 aromatic carbocycles. The van der Waals surface area contributed by atoms with Crippen molar-refractivity contribution >= 4 is 23.3 Å². The Labute approximate surface area is 115 Å². The lowest BCUT2D eigenvalue weighted by Crippen LogP contribution is -2.27. The lowest BCUT2D eigenvalue weighted by Gasteiger charge is -2.16. The minimum Gasteiger partial charge on any atom is -0.476 e. The average Bonchev–Trinajstić information content (AvgIpc) is 2.83. The number of carbonyl (C=O) groups is 2. The van der Waals surface area contributed by atoms with Crippen LogP contribution in [-0.2, 0) is 4.79 Å². The minimum absolute atomic E-state index is 0.0972. The Morgan fingerprint density at radius 3 is 2.85 bits per heavy atom.